The van der Waals surface area contributed by atoms with Gasteiger partial charge >= 0.3 is 6.03 Å². The van der Waals surface area contributed by atoms with Crippen molar-refractivity contribution >= 4 is 40.6 Å². The maximum atomic E-state index is 12.8. The van der Waals surface area contributed by atoms with Gasteiger partial charge in [-0.15, -0.1) is 6.58 Å². The Bertz CT molecular complexity index is 910. The van der Waals surface area contributed by atoms with Crippen LogP contribution in [0.25, 0.3) is 0 Å². The summed E-state index contributed by atoms with van der Waals surface area (Å²) in [4.78, 5) is 26.7. The molecule has 7 heteroatoms. The van der Waals surface area contributed by atoms with Crippen LogP contribution in [0.15, 0.2) is 55.1 Å². The zero-order chi connectivity index (χ0) is 20.3. The quantitative estimate of drug-likeness (QED) is 0.716. The fraction of sp³-hybridized carbons (Fsp3) is 0.238. The number of ether oxygens (including phenoxy) is 1. The van der Waals surface area contributed by atoms with Crippen molar-refractivity contribution in [1.82, 2.24) is 0 Å². The van der Waals surface area contributed by atoms with Crippen molar-refractivity contribution in [2.45, 2.75) is 13.8 Å². The van der Waals surface area contributed by atoms with Crippen molar-refractivity contribution in [3.05, 3.63) is 60.1 Å². The molecule has 2 aromatic carbocycles. The Morgan fingerprint density at radius 2 is 1.86 bits per heavy atom. The van der Waals surface area contributed by atoms with Crippen LogP contribution in [0.3, 0.4) is 0 Å². The first-order valence-electron chi connectivity index (χ1n) is 8.83. The number of fused-ring (bicyclic) bond motifs is 1. The number of carbonyl (C=O) groups excluding carboxylic acids is 2. The smallest absolute Gasteiger partial charge is 0.323 e. The maximum Gasteiger partial charge on any atom is 0.323 e. The summed E-state index contributed by atoms with van der Waals surface area (Å²) in [7, 11) is 0. The van der Waals surface area contributed by atoms with Gasteiger partial charge in [-0.1, -0.05) is 17.7 Å². The average Bonchev–Trinajstić information content (AvgIpc) is 2.74. The third kappa shape index (κ3) is 4.28. The van der Waals surface area contributed by atoms with E-state index in [2.05, 4.69) is 17.2 Å². The molecule has 146 valence electrons. The molecule has 28 heavy (non-hydrogen) atoms. The molecule has 2 N–H and O–H groups in total. The Balaban J connectivity index is 1.79. The second-order valence-electron chi connectivity index (χ2n) is 7.15. The number of hydrogen-bond donors (Lipinski definition) is 2. The predicted octanol–water partition coefficient (Wildman–Crippen LogP) is 4.92. The van der Waals surface area contributed by atoms with Crippen molar-refractivity contribution in [3.8, 4) is 5.75 Å². The number of rotatable bonds is 4. The normalized spacial score (nSPS) is 15.1. The molecule has 0 radical (unpaired) electrons. The molecular formula is C21H22ClN3O3. The first-order valence-corrected chi connectivity index (χ1v) is 9.21. The lowest BCUT2D eigenvalue weighted by Crippen LogP contribution is -2.42. The number of nitrogens with one attached hydrogen (secondary N) is 2. The summed E-state index contributed by atoms with van der Waals surface area (Å²) in [5.74, 6) is 0.498. The van der Waals surface area contributed by atoms with E-state index < -0.39 is 11.4 Å². The molecule has 0 saturated heterocycles. The zero-order valence-corrected chi connectivity index (χ0v) is 16.5. The van der Waals surface area contributed by atoms with Gasteiger partial charge in [-0.05, 0) is 50.2 Å². The number of benzene rings is 2. The van der Waals surface area contributed by atoms with Crippen LogP contribution >= 0.6 is 11.6 Å². The lowest BCUT2D eigenvalue weighted by molar-refractivity contribution is -0.127. The van der Waals surface area contributed by atoms with Gasteiger partial charge in [0, 0.05) is 29.0 Å². The third-order valence-corrected chi connectivity index (χ3v) is 4.59. The summed E-state index contributed by atoms with van der Waals surface area (Å²) < 4.78 is 5.88. The largest absolute Gasteiger partial charge is 0.490 e. The number of urea groups is 1. The Morgan fingerprint density at radius 3 is 2.54 bits per heavy atom. The van der Waals surface area contributed by atoms with Gasteiger partial charge in [0.05, 0.1) is 11.1 Å². The first kappa shape index (κ1) is 19.8. The van der Waals surface area contributed by atoms with Crippen molar-refractivity contribution in [2.75, 3.05) is 28.7 Å². The second-order valence-corrected chi connectivity index (χ2v) is 7.58. The number of carbonyl (C=O) groups is 2. The number of anilines is 3. The molecule has 0 aromatic heterocycles. The Hall–Kier alpha value is -2.99. The highest BCUT2D eigenvalue weighted by Crippen LogP contribution is 2.38. The molecule has 2 aromatic rings. The molecular weight excluding hydrogens is 378 g/mol. The van der Waals surface area contributed by atoms with Crippen molar-refractivity contribution in [2.24, 2.45) is 5.41 Å². The molecule has 0 spiro atoms. The van der Waals surface area contributed by atoms with Crippen LogP contribution in [-0.4, -0.2) is 25.1 Å². The Labute approximate surface area is 169 Å². The monoisotopic (exact) mass is 399 g/mol. The lowest BCUT2D eigenvalue weighted by Gasteiger charge is -2.27. The molecule has 0 atom stereocenters. The molecule has 0 aliphatic carbocycles. The van der Waals surface area contributed by atoms with Gasteiger partial charge in [0.25, 0.3) is 0 Å². The summed E-state index contributed by atoms with van der Waals surface area (Å²) in [6.07, 6.45) is 1.68. The minimum absolute atomic E-state index is 0.0349. The van der Waals surface area contributed by atoms with Gasteiger partial charge in [0.15, 0.2) is 0 Å². The Morgan fingerprint density at radius 1 is 1.21 bits per heavy atom. The minimum Gasteiger partial charge on any atom is -0.490 e. The van der Waals surface area contributed by atoms with Crippen LogP contribution < -0.4 is 20.3 Å². The van der Waals surface area contributed by atoms with Gasteiger partial charge in [0.2, 0.25) is 5.91 Å². The van der Waals surface area contributed by atoms with E-state index in [0.29, 0.717) is 34.4 Å². The molecule has 1 heterocycles. The van der Waals surface area contributed by atoms with E-state index in [1.165, 1.54) is 0 Å². The van der Waals surface area contributed by atoms with E-state index in [9.17, 15) is 9.59 Å². The molecule has 0 unspecified atom stereocenters. The number of hydrogen-bond acceptors (Lipinski definition) is 3. The number of nitrogens with zero attached hydrogens (tertiary/aromatic N) is 1. The van der Waals surface area contributed by atoms with Crippen LogP contribution in [0.4, 0.5) is 21.9 Å². The lowest BCUT2D eigenvalue weighted by atomic mass is 9.93. The molecule has 0 fully saturated rings. The average molecular weight is 400 g/mol. The molecule has 1 aliphatic rings. The van der Waals surface area contributed by atoms with Crippen molar-refractivity contribution in [3.63, 3.8) is 0 Å². The summed E-state index contributed by atoms with van der Waals surface area (Å²) >= 11 is 5.85. The van der Waals surface area contributed by atoms with E-state index >= 15 is 0 Å². The van der Waals surface area contributed by atoms with E-state index in [-0.39, 0.29) is 12.5 Å². The molecule has 6 nitrogen and oxygen atoms in total. The van der Waals surface area contributed by atoms with Gasteiger partial charge in [0.1, 0.15) is 12.4 Å². The van der Waals surface area contributed by atoms with Gasteiger partial charge in [-0.2, -0.15) is 0 Å². The fourth-order valence-corrected chi connectivity index (χ4v) is 2.99. The first-order chi connectivity index (χ1) is 13.3. The van der Waals surface area contributed by atoms with Crippen LogP contribution in [0, 0.1) is 5.41 Å². The highest BCUT2D eigenvalue weighted by atomic mass is 35.5. The maximum absolute atomic E-state index is 12.8. The molecule has 0 saturated carbocycles. The van der Waals surface area contributed by atoms with Gasteiger partial charge in [-0.25, -0.2) is 4.79 Å². The summed E-state index contributed by atoms with van der Waals surface area (Å²) in [6.45, 7) is 8.04. The van der Waals surface area contributed by atoms with E-state index in [4.69, 9.17) is 16.3 Å². The van der Waals surface area contributed by atoms with Gasteiger partial charge < -0.3 is 20.3 Å². The number of amides is 3. The third-order valence-electron chi connectivity index (χ3n) is 4.33. The molecule has 3 amide bonds. The molecule has 3 rings (SSSR count). The SMILES string of the molecule is C=CCN1C(=O)C(C)(C)COc2cc(NC(=O)Nc3ccc(Cl)cc3)ccc21. The van der Waals surface area contributed by atoms with Crippen LogP contribution in [0.5, 0.6) is 5.75 Å². The number of halogens is 1. The standard InChI is InChI=1S/C21H22ClN3O3/c1-4-11-25-17-10-9-16(12-18(17)28-13-21(2,3)19(25)26)24-20(27)23-15-7-5-14(22)6-8-15/h4-10,12H,1,11,13H2,2-3H3,(H2,23,24,27). The summed E-state index contributed by atoms with van der Waals surface area (Å²) in [5.41, 5.74) is 1.16. The zero-order valence-electron chi connectivity index (χ0n) is 15.8. The van der Waals surface area contributed by atoms with Crippen molar-refractivity contribution in [1.29, 1.82) is 0 Å². The summed E-state index contributed by atoms with van der Waals surface area (Å²) in [5, 5.41) is 6.09. The summed E-state index contributed by atoms with van der Waals surface area (Å²) in [6, 6.07) is 11.6. The minimum atomic E-state index is -0.665. The molecule has 1 aliphatic heterocycles. The van der Waals surface area contributed by atoms with E-state index in [1.807, 2.05) is 13.8 Å². The Kier molecular flexibility index (Phi) is 5.61. The highest BCUT2D eigenvalue weighted by molar-refractivity contribution is 6.30. The highest BCUT2D eigenvalue weighted by Gasteiger charge is 2.37. The van der Waals surface area contributed by atoms with E-state index in [0.717, 1.165) is 0 Å². The van der Waals surface area contributed by atoms with E-state index in [1.54, 1.807) is 53.4 Å². The van der Waals surface area contributed by atoms with Crippen LogP contribution in [0.1, 0.15) is 13.8 Å². The second kappa shape index (κ2) is 7.94. The predicted molar refractivity (Wildman–Crippen MR) is 112 cm³/mol. The molecule has 0 bridgehead atoms. The van der Waals surface area contributed by atoms with Crippen molar-refractivity contribution < 1.29 is 14.3 Å². The van der Waals surface area contributed by atoms with Crippen LogP contribution in [0.2, 0.25) is 5.02 Å². The topological polar surface area (TPSA) is 70.7 Å². The fourth-order valence-electron chi connectivity index (χ4n) is 2.86. The van der Waals surface area contributed by atoms with Crippen LogP contribution in [-0.2, 0) is 4.79 Å². The van der Waals surface area contributed by atoms with Gasteiger partial charge in [-0.3, -0.25) is 4.79 Å².